The molecule has 0 aromatic carbocycles. The highest BCUT2D eigenvalue weighted by Crippen LogP contribution is 2.04. The number of nitrogens with one attached hydrogen (secondary N) is 1. The molecule has 5 nitrogen and oxygen atoms in total. The first kappa shape index (κ1) is 12.9. The number of hydrogen-bond acceptors (Lipinski definition) is 5. The van der Waals surface area contributed by atoms with E-state index < -0.39 is 0 Å². The molecule has 1 rings (SSSR count). The predicted octanol–water partition coefficient (Wildman–Crippen LogP) is 1.00. The Kier molecular flexibility index (Phi) is 6.44. The zero-order valence-electron chi connectivity index (χ0n) is 9.90. The molecule has 0 amide bonds. The van der Waals surface area contributed by atoms with Crippen LogP contribution in [-0.4, -0.2) is 36.6 Å². The summed E-state index contributed by atoms with van der Waals surface area (Å²) in [5, 5.41) is 11.2. The number of aromatic nitrogens is 2. The summed E-state index contributed by atoms with van der Waals surface area (Å²) in [7, 11) is 0. The van der Waals surface area contributed by atoms with Gasteiger partial charge in [-0.1, -0.05) is 6.92 Å². The molecular formula is C11H19N3O2. The van der Waals surface area contributed by atoms with E-state index in [1.54, 1.807) is 0 Å². The molecule has 0 aliphatic heterocycles. The molecule has 0 spiro atoms. The van der Waals surface area contributed by atoms with Crippen LogP contribution in [0.15, 0.2) is 12.1 Å². The first-order chi connectivity index (χ1) is 7.86. The third-order valence-corrected chi connectivity index (χ3v) is 1.93. The van der Waals surface area contributed by atoms with Crippen molar-refractivity contribution in [3.05, 3.63) is 17.8 Å². The minimum absolute atomic E-state index is 0.509. The molecule has 0 aliphatic carbocycles. The van der Waals surface area contributed by atoms with Crippen molar-refractivity contribution in [1.82, 2.24) is 15.5 Å². The van der Waals surface area contributed by atoms with Crippen LogP contribution >= 0.6 is 0 Å². The van der Waals surface area contributed by atoms with Crippen molar-refractivity contribution in [2.24, 2.45) is 0 Å². The van der Waals surface area contributed by atoms with Crippen LogP contribution in [0.1, 0.15) is 19.5 Å². The summed E-state index contributed by atoms with van der Waals surface area (Å²) in [4.78, 5) is 0. The van der Waals surface area contributed by atoms with Crippen LogP contribution in [0, 0.1) is 0 Å². The average molecular weight is 225 g/mol. The minimum Gasteiger partial charge on any atom is -0.474 e. The molecule has 0 saturated heterocycles. The number of hydrogen-bond donors (Lipinski definition) is 1. The quantitative estimate of drug-likeness (QED) is 0.669. The standard InChI is InChI=1S/C11H19N3O2/c1-3-12-9-10-5-6-11(14-13-10)16-8-7-15-4-2/h5-6,12H,3-4,7-9H2,1-2H3. The molecule has 0 bridgehead atoms. The van der Waals surface area contributed by atoms with Gasteiger partial charge in [0, 0.05) is 19.2 Å². The van der Waals surface area contributed by atoms with Crippen molar-refractivity contribution in [3.8, 4) is 5.88 Å². The maximum absolute atomic E-state index is 5.35. The molecule has 1 N–H and O–H groups in total. The summed E-state index contributed by atoms with van der Waals surface area (Å²) in [6.45, 7) is 7.47. The highest BCUT2D eigenvalue weighted by molar-refractivity contribution is 5.11. The van der Waals surface area contributed by atoms with Gasteiger partial charge in [-0.25, -0.2) is 0 Å². The fourth-order valence-electron chi connectivity index (χ4n) is 1.12. The second kappa shape index (κ2) is 8.01. The maximum atomic E-state index is 5.35. The first-order valence-corrected chi connectivity index (χ1v) is 5.60. The predicted molar refractivity (Wildman–Crippen MR) is 61.4 cm³/mol. The first-order valence-electron chi connectivity index (χ1n) is 5.60. The van der Waals surface area contributed by atoms with E-state index in [4.69, 9.17) is 9.47 Å². The smallest absolute Gasteiger partial charge is 0.233 e. The van der Waals surface area contributed by atoms with Crippen molar-refractivity contribution in [2.75, 3.05) is 26.4 Å². The van der Waals surface area contributed by atoms with Crippen LogP contribution in [0.4, 0.5) is 0 Å². The highest BCUT2D eigenvalue weighted by Gasteiger charge is 1.98. The number of ether oxygens (including phenoxy) is 2. The van der Waals surface area contributed by atoms with Crippen molar-refractivity contribution < 1.29 is 9.47 Å². The Morgan fingerprint density at radius 3 is 2.69 bits per heavy atom. The van der Waals surface area contributed by atoms with Crippen LogP contribution < -0.4 is 10.1 Å². The molecule has 0 unspecified atom stereocenters. The Morgan fingerprint density at radius 1 is 1.19 bits per heavy atom. The lowest BCUT2D eigenvalue weighted by Gasteiger charge is -2.05. The molecule has 0 fully saturated rings. The summed E-state index contributed by atoms with van der Waals surface area (Å²) in [5.41, 5.74) is 0.916. The second-order valence-electron chi connectivity index (χ2n) is 3.19. The normalized spacial score (nSPS) is 10.4. The molecule has 5 heteroatoms. The van der Waals surface area contributed by atoms with Gasteiger partial charge in [0.05, 0.1) is 12.3 Å². The Hall–Kier alpha value is -1.20. The van der Waals surface area contributed by atoms with Gasteiger partial charge < -0.3 is 14.8 Å². The van der Waals surface area contributed by atoms with Gasteiger partial charge in [0.2, 0.25) is 5.88 Å². The van der Waals surface area contributed by atoms with Crippen molar-refractivity contribution in [2.45, 2.75) is 20.4 Å². The molecule has 0 saturated carbocycles. The largest absolute Gasteiger partial charge is 0.474 e. The Bertz CT molecular complexity index is 277. The van der Waals surface area contributed by atoms with Crippen molar-refractivity contribution in [3.63, 3.8) is 0 Å². The Morgan fingerprint density at radius 2 is 2.06 bits per heavy atom. The summed E-state index contributed by atoms with van der Waals surface area (Å²) in [5.74, 6) is 0.542. The van der Waals surface area contributed by atoms with Crippen LogP contribution in [0.3, 0.4) is 0 Å². The van der Waals surface area contributed by atoms with Gasteiger partial charge in [-0.05, 0) is 19.5 Å². The van der Waals surface area contributed by atoms with Gasteiger partial charge in [0.1, 0.15) is 6.61 Å². The molecule has 0 aliphatic rings. The van der Waals surface area contributed by atoms with Gasteiger partial charge in [0.25, 0.3) is 0 Å². The van der Waals surface area contributed by atoms with E-state index in [-0.39, 0.29) is 0 Å². The fourth-order valence-corrected chi connectivity index (χ4v) is 1.12. The van der Waals surface area contributed by atoms with E-state index in [9.17, 15) is 0 Å². The fraction of sp³-hybridized carbons (Fsp3) is 0.636. The summed E-state index contributed by atoms with van der Waals surface area (Å²) >= 11 is 0. The third-order valence-electron chi connectivity index (χ3n) is 1.93. The molecule has 16 heavy (non-hydrogen) atoms. The van der Waals surface area contributed by atoms with Gasteiger partial charge in [-0.2, -0.15) is 5.10 Å². The van der Waals surface area contributed by atoms with Crippen LogP contribution in [0.25, 0.3) is 0 Å². The molecule has 1 aromatic heterocycles. The lowest BCUT2D eigenvalue weighted by atomic mass is 10.4. The average Bonchev–Trinajstić information content (AvgIpc) is 2.33. The third kappa shape index (κ3) is 5.04. The zero-order valence-corrected chi connectivity index (χ0v) is 9.90. The monoisotopic (exact) mass is 225 g/mol. The van der Waals surface area contributed by atoms with Gasteiger partial charge in [-0.3, -0.25) is 0 Å². The van der Waals surface area contributed by atoms with Crippen molar-refractivity contribution >= 4 is 0 Å². The van der Waals surface area contributed by atoms with E-state index in [0.29, 0.717) is 25.7 Å². The molecular weight excluding hydrogens is 206 g/mol. The van der Waals surface area contributed by atoms with E-state index in [2.05, 4.69) is 22.4 Å². The second-order valence-corrected chi connectivity index (χ2v) is 3.19. The lowest BCUT2D eigenvalue weighted by Crippen LogP contribution is -2.13. The van der Waals surface area contributed by atoms with Gasteiger partial charge >= 0.3 is 0 Å². The summed E-state index contributed by atoms with van der Waals surface area (Å²) in [6, 6.07) is 3.73. The summed E-state index contributed by atoms with van der Waals surface area (Å²) < 4.78 is 10.5. The van der Waals surface area contributed by atoms with Crippen LogP contribution in [0.2, 0.25) is 0 Å². The molecule has 90 valence electrons. The summed E-state index contributed by atoms with van der Waals surface area (Å²) in [6.07, 6.45) is 0. The Labute approximate surface area is 96.2 Å². The van der Waals surface area contributed by atoms with E-state index in [1.807, 2.05) is 19.1 Å². The number of nitrogens with zero attached hydrogens (tertiary/aromatic N) is 2. The highest BCUT2D eigenvalue weighted by atomic mass is 16.5. The lowest BCUT2D eigenvalue weighted by molar-refractivity contribution is 0.108. The molecule has 1 heterocycles. The minimum atomic E-state index is 0.509. The topological polar surface area (TPSA) is 56.3 Å². The van der Waals surface area contributed by atoms with Gasteiger partial charge in [0.15, 0.2) is 0 Å². The van der Waals surface area contributed by atoms with Gasteiger partial charge in [-0.15, -0.1) is 5.10 Å². The van der Waals surface area contributed by atoms with E-state index >= 15 is 0 Å². The molecule has 0 atom stereocenters. The SMILES string of the molecule is CCNCc1ccc(OCCOCC)nn1. The van der Waals surface area contributed by atoms with Crippen LogP contribution in [-0.2, 0) is 11.3 Å². The molecule has 1 aromatic rings. The number of rotatable bonds is 8. The van der Waals surface area contributed by atoms with E-state index in [0.717, 1.165) is 18.8 Å². The zero-order chi connectivity index (χ0) is 11.6. The van der Waals surface area contributed by atoms with Crippen LogP contribution in [0.5, 0.6) is 5.88 Å². The Balaban J connectivity index is 2.27. The van der Waals surface area contributed by atoms with E-state index in [1.165, 1.54) is 0 Å². The molecule has 0 radical (unpaired) electrons. The van der Waals surface area contributed by atoms with Crippen molar-refractivity contribution in [1.29, 1.82) is 0 Å². The maximum Gasteiger partial charge on any atom is 0.233 e.